The van der Waals surface area contributed by atoms with Gasteiger partial charge in [-0.25, -0.2) is 0 Å². The van der Waals surface area contributed by atoms with Crippen molar-refractivity contribution < 1.29 is 14.3 Å². The highest BCUT2D eigenvalue weighted by Crippen LogP contribution is 2.13. The number of carbonyl (C=O) groups excluding carboxylic acids is 2. The van der Waals surface area contributed by atoms with Gasteiger partial charge in [-0.1, -0.05) is 29.8 Å². The highest BCUT2D eigenvalue weighted by molar-refractivity contribution is 5.92. The number of anilines is 1. The molecule has 148 valence electrons. The van der Waals surface area contributed by atoms with Crippen LogP contribution in [0, 0.1) is 13.8 Å². The van der Waals surface area contributed by atoms with Gasteiger partial charge in [0.15, 0.2) is 6.61 Å². The lowest BCUT2D eigenvalue weighted by atomic mass is 10.2. The Labute approximate surface area is 166 Å². The van der Waals surface area contributed by atoms with Crippen LogP contribution in [0.3, 0.4) is 0 Å². The van der Waals surface area contributed by atoms with Crippen molar-refractivity contribution >= 4 is 17.5 Å². The van der Waals surface area contributed by atoms with Crippen LogP contribution in [-0.4, -0.2) is 60.9 Å². The van der Waals surface area contributed by atoms with Crippen LogP contribution in [0.5, 0.6) is 5.75 Å². The van der Waals surface area contributed by atoms with E-state index in [-0.39, 0.29) is 18.4 Å². The van der Waals surface area contributed by atoms with Crippen LogP contribution in [0.1, 0.15) is 11.1 Å². The Morgan fingerprint density at radius 3 is 2.36 bits per heavy atom. The number of rotatable bonds is 6. The molecule has 0 aromatic heterocycles. The normalized spacial score (nSPS) is 14.6. The van der Waals surface area contributed by atoms with Crippen molar-refractivity contribution in [1.29, 1.82) is 0 Å². The molecule has 2 amide bonds. The molecule has 2 aromatic rings. The van der Waals surface area contributed by atoms with E-state index in [0.29, 0.717) is 38.5 Å². The molecule has 0 spiro atoms. The molecule has 1 aliphatic rings. The van der Waals surface area contributed by atoms with E-state index in [1.807, 2.05) is 62.4 Å². The average molecular weight is 381 g/mol. The van der Waals surface area contributed by atoms with Crippen LogP contribution in [0.15, 0.2) is 48.5 Å². The maximum Gasteiger partial charge on any atom is 0.260 e. The first-order chi connectivity index (χ1) is 13.5. The number of aryl methyl sites for hydroxylation is 2. The van der Waals surface area contributed by atoms with Crippen LogP contribution in [0.4, 0.5) is 5.69 Å². The lowest BCUT2D eigenvalue weighted by Gasteiger charge is -2.34. The Kier molecular flexibility index (Phi) is 6.66. The zero-order valence-electron chi connectivity index (χ0n) is 16.5. The van der Waals surface area contributed by atoms with E-state index in [1.54, 1.807) is 4.90 Å². The van der Waals surface area contributed by atoms with Gasteiger partial charge in [-0.05, 0) is 43.7 Å². The predicted molar refractivity (Wildman–Crippen MR) is 110 cm³/mol. The van der Waals surface area contributed by atoms with Gasteiger partial charge in [-0.2, -0.15) is 0 Å². The Morgan fingerprint density at radius 2 is 1.68 bits per heavy atom. The summed E-state index contributed by atoms with van der Waals surface area (Å²) in [6.45, 7) is 6.94. The summed E-state index contributed by atoms with van der Waals surface area (Å²) in [4.78, 5) is 28.4. The van der Waals surface area contributed by atoms with Crippen LogP contribution in [-0.2, 0) is 9.59 Å². The minimum atomic E-state index is -0.0357. The third-order valence-electron chi connectivity index (χ3n) is 4.78. The molecule has 0 bridgehead atoms. The Morgan fingerprint density at radius 1 is 0.964 bits per heavy atom. The van der Waals surface area contributed by atoms with Crippen molar-refractivity contribution in [3.05, 3.63) is 59.7 Å². The van der Waals surface area contributed by atoms with Crippen molar-refractivity contribution in [3.8, 4) is 5.75 Å². The third kappa shape index (κ3) is 5.82. The standard InChI is InChI=1S/C22H27N3O3/c1-17-6-8-19(9-7-17)23-21(26)15-24-10-12-25(13-11-24)22(27)16-28-20-5-3-4-18(2)14-20/h3-9,14H,10-13,15-16H2,1-2H3,(H,23,26). The first-order valence-electron chi connectivity index (χ1n) is 9.56. The largest absolute Gasteiger partial charge is 0.484 e. The second-order valence-corrected chi connectivity index (χ2v) is 7.18. The molecule has 28 heavy (non-hydrogen) atoms. The molecule has 2 aromatic carbocycles. The highest BCUT2D eigenvalue weighted by atomic mass is 16.5. The van der Waals surface area contributed by atoms with Crippen LogP contribution in [0.25, 0.3) is 0 Å². The molecule has 1 fully saturated rings. The van der Waals surface area contributed by atoms with Crippen molar-refractivity contribution in [2.24, 2.45) is 0 Å². The van der Waals surface area contributed by atoms with E-state index < -0.39 is 0 Å². The average Bonchev–Trinajstić information content (AvgIpc) is 2.68. The van der Waals surface area contributed by atoms with Crippen molar-refractivity contribution in [1.82, 2.24) is 9.80 Å². The van der Waals surface area contributed by atoms with E-state index in [2.05, 4.69) is 10.2 Å². The lowest BCUT2D eigenvalue weighted by molar-refractivity contribution is -0.135. The Bertz CT molecular complexity index is 812. The molecule has 1 aliphatic heterocycles. The number of benzene rings is 2. The van der Waals surface area contributed by atoms with Gasteiger partial charge in [0.25, 0.3) is 5.91 Å². The molecule has 1 N–H and O–H groups in total. The number of hydrogen-bond donors (Lipinski definition) is 1. The van der Waals surface area contributed by atoms with Gasteiger partial charge in [-0.15, -0.1) is 0 Å². The molecule has 0 atom stereocenters. The maximum absolute atomic E-state index is 12.4. The molecule has 0 saturated carbocycles. The summed E-state index contributed by atoms with van der Waals surface area (Å²) in [5, 5.41) is 2.91. The van der Waals surface area contributed by atoms with E-state index in [4.69, 9.17) is 4.74 Å². The number of piperazine rings is 1. The summed E-state index contributed by atoms with van der Waals surface area (Å²) >= 11 is 0. The summed E-state index contributed by atoms with van der Waals surface area (Å²) in [5.74, 6) is 0.649. The topological polar surface area (TPSA) is 61.9 Å². The van der Waals surface area contributed by atoms with Crippen LogP contribution < -0.4 is 10.1 Å². The molecule has 0 aliphatic carbocycles. The van der Waals surface area contributed by atoms with Crippen LogP contribution in [0.2, 0.25) is 0 Å². The lowest BCUT2D eigenvalue weighted by Crippen LogP contribution is -2.51. The van der Waals surface area contributed by atoms with Gasteiger partial charge >= 0.3 is 0 Å². The fourth-order valence-corrected chi connectivity index (χ4v) is 3.14. The molecule has 1 saturated heterocycles. The summed E-state index contributed by atoms with van der Waals surface area (Å²) in [5.41, 5.74) is 3.06. The third-order valence-corrected chi connectivity index (χ3v) is 4.78. The zero-order chi connectivity index (χ0) is 19.9. The van der Waals surface area contributed by atoms with Gasteiger partial charge in [0.1, 0.15) is 5.75 Å². The second kappa shape index (κ2) is 9.37. The minimum Gasteiger partial charge on any atom is -0.484 e. The summed E-state index contributed by atoms with van der Waals surface area (Å²) in [6, 6.07) is 15.4. The molecule has 6 nitrogen and oxygen atoms in total. The Hall–Kier alpha value is -2.86. The summed E-state index contributed by atoms with van der Waals surface area (Å²) in [6.07, 6.45) is 0. The Balaban J connectivity index is 1.39. The minimum absolute atomic E-state index is 0.0229. The first-order valence-corrected chi connectivity index (χ1v) is 9.56. The number of ether oxygens (including phenoxy) is 1. The molecule has 3 rings (SSSR count). The molecule has 0 radical (unpaired) electrons. The van der Waals surface area contributed by atoms with Crippen LogP contribution >= 0.6 is 0 Å². The maximum atomic E-state index is 12.4. The van der Waals surface area contributed by atoms with Crippen molar-refractivity contribution in [2.75, 3.05) is 44.6 Å². The monoisotopic (exact) mass is 381 g/mol. The number of nitrogens with zero attached hydrogens (tertiary/aromatic N) is 2. The number of nitrogens with one attached hydrogen (secondary N) is 1. The zero-order valence-corrected chi connectivity index (χ0v) is 16.5. The second-order valence-electron chi connectivity index (χ2n) is 7.18. The van der Waals surface area contributed by atoms with Crippen molar-refractivity contribution in [3.63, 3.8) is 0 Å². The van der Waals surface area contributed by atoms with Gasteiger partial charge in [0.05, 0.1) is 6.54 Å². The number of amides is 2. The van der Waals surface area contributed by atoms with Gasteiger partial charge < -0.3 is 15.0 Å². The van der Waals surface area contributed by atoms with E-state index in [1.165, 1.54) is 0 Å². The predicted octanol–water partition coefficient (Wildman–Crippen LogP) is 2.47. The molecule has 1 heterocycles. The smallest absolute Gasteiger partial charge is 0.260 e. The highest BCUT2D eigenvalue weighted by Gasteiger charge is 2.22. The number of carbonyl (C=O) groups is 2. The number of hydrogen-bond acceptors (Lipinski definition) is 4. The van der Waals surface area contributed by atoms with E-state index in [9.17, 15) is 9.59 Å². The summed E-state index contributed by atoms with van der Waals surface area (Å²) in [7, 11) is 0. The van der Waals surface area contributed by atoms with Gasteiger partial charge in [0, 0.05) is 31.9 Å². The fourth-order valence-electron chi connectivity index (χ4n) is 3.14. The molecular weight excluding hydrogens is 354 g/mol. The first kappa shape index (κ1) is 19.9. The van der Waals surface area contributed by atoms with E-state index >= 15 is 0 Å². The van der Waals surface area contributed by atoms with Gasteiger partial charge in [-0.3, -0.25) is 14.5 Å². The van der Waals surface area contributed by atoms with Crippen molar-refractivity contribution in [2.45, 2.75) is 13.8 Å². The van der Waals surface area contributed by atoms with E-state index in [0.717, 1.165) is 16.8 Å². The molecule has 0 unspecified atom stereocenters. The molecular formula is C22H27N3O3. The quantitative estimate of drug-likeness (QED) is 0.835. The SMILES string of the molecule is Cc1ccc(NC(=O)CN2CCN(C(=O)COc3cccc(C)c3)CC2)cc1. The molecule has 6 heteroatoms. The van der Waals surface area contributed by atoms with Gasteiger partial charge in [0.2, 0.25) is 5.91 Å². The summed E-state index contributed by atoms with van der Waals surface area (Å²) < 4.78 is 5.60. The fraction of sp³-hybridized carbons (Fsp3) is 0.364.